The molecule has 2 nitrogen and oxygen atoms in total. The summed E-state index contributed by atoms with van der Waals surface area (Å²) in [6.07, 6.45) is 31.0. The molecule has 0 aromatic heterocycles. The second-order valence-electron chi connectivity index (χ2n) is 17.1. The summed E-state index contributed by atoms with van der Waals surface area (Å²) in [6.45, 7) is 7.66. The average Bonchev–Trinajstić information content (AvgIpc) is 3.26. The van der Waals surface area contributed by atoms with E-state index in [1.165, 1.54) is 103 Å². The van der Waals surface area contributed by atoms with E-state index in [9.17, 15) is 4.79 Å². The maximum absolute atomic E-state index is 13.7. The molecule has 0 radical (unpaired) electrons. The van der Waals surface area contributed by atoms with Crippen molar-refractivity contribution in [2.45, 2.75) is 162 Å². The fraction of sp³-hybridized carbons (Fsp3) is 0.921. The van der Waals surface area contributed by atoms with Crippen LogP contribution in [0.25, 0.3) is 0 Å². The van der Waals surface area contributed by atoms with E-state index in [0.717, 1.165) is 73.5 Å². The van der Waals surface area contributed by atoms with E-state index in [-0.39, 0.29) is 17.5 Å². The van der Waals surface area contributed by atoms with E-state index < -0.39 is 0 Å². The minimum absolute atomic E-state index is 0.107. The van der Waals surface area contributed by atoms with Crippen LogP contribution in [0, 0.1) is 57.7 Å². The molecule has 0 N–H and O–H groups in total. The van der Waals surface area contributed by atoms with E-state index in [1.54, 1.807) is 5.57 Å². The molecule has 0 spiro atoms. The Morgan fingerprint density at radius 2 is 1.55 bits per heavy atom. The summed E-state index contributed by atoms with van der Waals surface area (Å²) in [5.41, 5.74) is 2.51. The second-order valence-corrected chi connectivity index (χ2v) is 17.1. The number of hydrogen-bond donors (Lipinski definition) is 0. The Morgan fingerprint density at radius 1 is 0.850 bits per heavy atom. The van der Waals surface area contributed by atoms with E-state index in [4.69, 9.17) is 4.74 Å². The molecule has 8 rings (SSSR count). The van der Waals surface area contributed by atoms with Crippen LogP contribution in [0.2, 0.25) is 0 Å². The lowest BCUT2D eigenvalue weighted by Crippen LogP contribution is -2.52. The molecular weight excluding hydrogens is 488 g/mol. The second kappa shape index (κ2) is 10.7. The smallest absolute Gasteiger partial charge is 0.312 e. The molecule has 7 atom stereocenters. The number of unbranched alkanes of at least 4 members (excludes halogenated alkanes) is 5. The molecule has 0 amide bonds. The third-order valence-electron chi connectivity index (χ3n) is 14.9. The van der Waals surface area contributed by atoms with Crippen LogP contribution in [0.4, 0.5) is 0 Å². The zero-order valence-corrected chi connectivity index (χ0v) is 26.4. The van der Waals surface area contributed by atoms with Gasteiger partial charge in [0.15, 0.2) is 0 Å². The van der Waals surface area contributed by atoms with Crippen LogP contribution >= 0.6 is 0 Å². The monoisotopic (exact) mass is 548 g/mol. The lowest BCUT2D eigenvalue weighted by Gasteiger charge is -2.58. The largest absolute Gasteiger partial charge is 0.462 e. The predicted molar refractivity (Wildman–Crippen MR) is 164 cm³/mol. The van der Waals surface area contributed by atoms with Crippen molar-refractivity contribution in [2.24, 2.45) is 57.7 Å². The van der Waals surface area contributed by atoms with Gasteiger partial charge in [0, 0.05) is 6.42 Å². The number of esters is 1. The summed E-state index contributed by atoms with van der Waals surface area (Å²) in [6, 6.07) is 0. The van der Waals surface area contributed by atoms with Gasteiger partial charge in [-0.3, -0.25) is 4.79 Å². The Kier molecular flexibility index (Phi) is 7.51. The first-order valence-corrected chi connectivity index (χ1v) is 18.2. The number of fused-ring (bicyclic) bond motifs is 5. The average molecular weight is 549 g/mol. The molecule has 0 aromatic carbocycles. The third kappa shape index (κ3) is 4.67. The van der Waals surface area contributed by atoms with Crippen LogP contribution in [-0.2, 0) is 9.53 Å². The molecule has 0 unspecified atom stereocenters. The maximum Gasteiger partial charge on any atom is 0.312 e. The van der Waals surface area contributed by atoms with Crippen molar-refractivity contribution in [3.05, 3.63) is 11.6 Å². The van der Waals surface area contributed by atoms with Crippen LogP contribution in [0.3, 0.4) is 0 Å². The highest BCUT2D eigenvalue weighted by Gasteiger charge is 2.59. The number of allylic oxidation sites excluding steroid dienone is 1. The van der Waals surface area contributed by atoms with E-state index in [0.29, 0.717) is 10.8 Å². The topological polar surface area (TPSA) is 26.3 Å². The third-order valence-corrected chi connectivity index (χ3v) is 14.9. The Hall–Kier alpha value is -0.790. The Morgan fingerprint density at radius 3 is 2.27 bits per heavy atom. The summed E-state index contributed by atoms with van der Waals surface area (Å²) >= 11 is 0. The van der Waals surface area contributed by atoms with Crippen molar-refractivity contribution in [3.63, 3.8) is 0 Å². The van der Waals surface area contributed by atoms with Gasteiger partial charge >= 0.3 is 5.97 Å². The van der Waals surface area contributed by atoms with E-state index >= 15 is 0 Å². The lowest BCUT2D eigenvalue weighted by molar-refractivity contribution is -0.179. The van der Waals surface area contributed by atoms with Crippen LogP contribution < -0.4 is 0 Å². The van der Waals surface area contributed by atoms with Gasteiger partial charge < -0.3 is 4.74 Å². The Bertz CT molecular complexity index is 943. The molecule has 0 aliphatic heterocycles. The normalized spacial score (nSPS) is 48.7. The maximum atomic E-state index is 13.7. The standard InChI is InChI=1S/C38H60O2/c1-4-5-6-7-8-9-10-29-12-14-33-32-13-11-30-22-31(15-17-37(30,3)34(32)16-18-36(29,33)2)40-35(39)38-23-26-19-27(24-38)21-28(20-26)25-38/h11,26-29,31-34H,4-10,12-25H2,1-3H3/t26?,27?,28?,29-,31+,32-,33-,34-,36-,37+,38?/m1/s1. The fourth-order valence-corrected chi connectivity index (χ4v) is 13.1. The molecule has 2 heteroatoms. The Labute approximate surface area is 246 Å². The van der Waals surface area contributed by atoms with Gasteiger partial charge in [-0.1, -0.05) is 70.9 Å². The van der Waals surface area contributed by atoms with Gasteiger partial charge in [0.2, 0.25) is 0 Å². The van der Waals surface area contributed by atoms with Crippen molar-refractivity contribution in [2.75, 3.05) is 0 Å². The summed E-state index contributed by atoms with van der Waals surface area (Å²) < 4.78 is 6.49. The van der Waals surface area contributed by atoms with E-state index in [1.807, 2.05) is 0 Å². The van der Waals surface area contributed by atoms with Crippen LogP contribution in [0.15, 0.2) is 11.6 Å². The zero-order chi connectivity index (χ0) is 27.5. The van der Waals surface area contributed by atoms with Gasteiger partial charge in [0.25, 0.3) is 0 Å². The van der Waals surface area contributed by atoms with Gasteiger partial charge in [-0.15, -0.1) is 0 Å². The highest BCUT2D eigenvalue weighted by Crippen LogP contribution is 2.67. The number of carbonyl (C=O) groups excluding carboxylic acids is 1. The van der Waals surface area contributed by atoms with Crippen LogP contribution in [0.5, 0.6) is 0 Å². The molecule has 7 fully saturated rings. The molecule has 0 aromatic rings. The lowest BCUT2D eigenvalue weighted by atomic mass is 9.47. The molecule has 8 aliphatic rings. The quantitative estimate of drug-likeness (QED) is 0.163. The Balaban J connectivity index is 0.976. The molecule has 0 heterocycles. The highest BCUT2D eigenvalue weighted by molar-refractivity contribution is 5.77. The molecule has 224 valence electrons. The number of rotatable bonds is 9. The number of ether oxygens (including phenoxy) is 1. The van der Waals surface area contributed by atoms with Crippen molar-refractivity contribution >= 4 is 5.97 Å². The van der Waals surface area contributed by atoms with Crippen molar-refractivity contribution in [1.82, 2.24) is 0 Å². The highest BCUT2D eigenvalue weighted by atomic mass is 16.5. The summed E-state index contributed by atoms with van der Waals surface area (Å²) in [7, 11) is 0. The number of hydrogen-bond acceptors (Lipinski definition) is 2. The minimum Gasteiger partial charge on any atom is -0.462 e. The molecule has 0 saturated heterocycles. The zero-order valence-electron chi connectivity index (χ0n) is 26.4. The van der Waals surface area contributed by atoms with Crippen molar-refractivity contribution in [3.8, 4) is 0 Å². The SMILES string of the molecule is CCCCCCCC[C@@H]1CC[C@@H]2[C@H]3CC=C4C[C@@H](OC(=O)C56CC7CC(CC(C7)C5)C6)CC[C@]4(C)[C@@H]3CC[C@]12C. The van der Waals surface area contributed by atoms with Gasteiger partial charge in [0.05, 0.1) is 5.41 Å². The first kappa shape index (κ1) is 28.0. The van der Waals surface area contributed by atoms with Crippen molar-refractivity contribution < 1.29 is 9.53 Å². The van der Waals surface area contributed by atoms with Crippen LogP contribution in [0.1, 0.15) is 156 Å². The van der Waals surface area contributed by atoms with Gasteiger partial charge in [-0.25, -0.2) is 0 Å². The molecular formula is C38H60O2. The van der Waals surface area contributed by atoms with Gasteiger partial charge in [-0.2, -0.15) is 0 Å². The summed E-state index contributed by atoms with van der Waals surface area (Å²) in [5, 5.41) is 0. The fourth-order valence-electron chi connectivity index (χ4n) is 13.1. The molecule has 8 aliphatic carbocycles. The first-order chi connectivity index (χ1) is 19.3. The molecule has 7 saturated carbocycles. The van der Waals surface area contributed by atoms with Gasteiger partial charge in [0.1, 0.15) is 6.10 Å². The number of carbonyl (C=O) groups is 1. The molecule has 4 bridgehead atoms. The van der Waals surface area contributed by atoms with Crippen molar-refractivity contribution in [1.29, 1.82) is 0 Å². The summed E-state index contributed by atoms with van der Waals surface area (Å²) in [4.78, 5) is 13.7. The van der Waals surface area contributed by atoms with Gasteiger partial charge in [-0.05, 0) is 142 Å². The predicted octanol–water partition coefficient (Wildman–Crippen LogP) is 10.4. The summed E-state index contributed by atoms with van der Waals surface area (Å²) in [5.74, 6) is 6.31. The molecule has 40 heavy (non-hydrogen) atoms. The van der Waals surface area contributed by atoms with Crippen LogP contribution in [-0.4, -0.2) is 12.1 Å². The van der Waals surface area contributed by atoms with E-state index in [2.05, 4.69) is 26.8 Å². The minimum atomic E-state index is -0.107. The first-order valence-electron chi connectivity index (χ1n) is 18.2.